The first kappa shape index (κ1) is 15.4. The largest absolute Gasteiger partial charge is 0.481 e. The molecule has 0 aliphatic heterocycles. The molecule has 126 valence electrons. The summed E-state index contributed by atoms with van der Waals surface area (Å²) >= 11 is 0. The molecule has 3 aromatic rings. The highest BCUT2D eigenvalue weighted by molar-refractivity contribution is 5.90. The first-order chi connectivity index (χ1) is 12.1. The molecule has 4 rings (SSSR count). The predicted octanol–water partition coefficient (Wildman–Crippen LogP) is 2.49. The maximum Gasteiger partial charge on any atom is 0.307 e. The second-order valence-corrected chi connectivity index (χ2v) is 6.32. The molecule has 1 aliphatic carbocycles. The van der Waals surface area contributed by atoms with E-state index in [1.54, 1.807) is 6.33 Å². The Morgan fingerprint density at radius 1 is 1.12 bits per heavy atom. The van der Waals surface area contributed by atoms with Crippen molar-refractivity contribution >= 4 is 22.9 Å². The topological polar surface area (TPSA) is 95.1 Å². The number of aromatic nitrogens is 2. The van der Waals surface area contributed by atoms with E-state index in [0.717, 1.165) is 22.2 Å². The Labute approximate surface area is 143 Å². The minimum absolute atomic E-state index is 0.217. The number of nitrogens with one attached hydrogen (secondary N) is 2. The van der Waals surface area contributed by atoms with Gasteiger partial charge in [0.25, 0.3) is 0 Å². The predicted molar refractivity (Wildman–Crippen MR) is 91.8 cm³/mol. The molecule has 3 N–H and O–H groups in total. The molecule has 6 heteroatoms. The summed E-state index contributed by atoms with van der Waals surface area (Å²) in [7, 11) is 0. The zero-order chi connectivity index (χ0) is 17.4. The van der Waals surface area contributed by atoms with E-state index in [0.29, 0.717) is 6.42 Å². The molecule has 0 spiro atoms. The van der Waals surface area contributed by atoms with E-state index < -0.39 is 17.8 Å². The molecule has 1 fully saturated rings. The van der Waals surface area contributed by atoms with Crippen molar-refractivity contribution in [2.45, 2.75) is 12.5 Å². The van der Waals surface area contributed by atoms with E-state index in [1.807, 2.05) is 48.5 Å². The normalized spacial score (nSPS) is 20.2. The molecule has 3 atom stereocenters. The third-order valence-corrected chi connectivity index (χ3v) is 4.64. The van der Waals surface area contributed by atoms with Crippen molar-refractivity contribution < 1.29 is 14.7 Å². The second-order valence-electron chi connectivity index (χ2n) is 6.32. The number of rotatable bonds is 5. The number of hydrogen-bond acceptors (Lipinski definition) is 3. The molecular formula is C19H17N3O3. The monoisotopic (exact) mass is 335 g/mol. The number of benzene rings is 2. The highest BCUT2D eigenvalue weighted by atomic mass is 16.4. The smallest absolute Gasteiger partial charge is 0.307 e. The van der Waals surface area contributed by atoms with Gasteiger partial charge in [0.15, 0.2) is 0 Å². The fourth-order valence-electron chi connectivity index (χ4n) is 3.14. The van der Waals surface area contributed by atoms with Crippen molar-refractivity contribution in [1.82, 2.24) is 15.3 Å². The zero-order valence-corrected chi connectivity index (χ0v) is 13.3. The van der Waals surface area contributed by atoms with Crippen molar-refractivity contribution in [3.05, 3.63) is 66.0 Å². The number of amides is 1. The van der Waals surface area contributed by atoms with Crippen LogP contribution >= 0.6 is 0 Å². The van der Waals surface area contributed by atoms with Crippen LogP contribution in [0.2, 0.25) is 0 Å². The first-order valence-electron chi connectivity index (χ1n) is 8.14. The molecular weight excluding hydrogens is 318 g/mol. The van der Waals surface area contributed by atoms with Crippen LogP contribution in [-0.2, 0) is 9.59 Å². The molecule has 0 unspecified atom stereocenters. The van der Waals surface area contributed by atoms with Crippen LogP contribution in [0.4, 0.5) is 0 Å². The van der Waals surface area contributed by atoms with Gasteiger partial charge in [0, 0.05) is 0 Å². The molecule has 1 aliphatic rings. The van der Waals surface area contributed by atoms with Crippen LogP contribution in [0.1, 0.15) is 23.6 Å². The van der Waals surface area contributed by atoms with Gasteiger partial charge in [-0.1, -0.05) is 36.4 Å². The number of carboxylic acids is 1. The lowest BCUT2D eigenvalue weighted by Crippen LogP contribution is -2.31. The van der Waals surface area contributed by atoms with Crippen LogP contribution in [0.5, 0.6) is 0 Å². The maximum atomic E-state index is 12.5. The summed E-state index contributed by atoms with van der Waals surface area (Å²) in [5.74, 6) is -2.13. The standard InChI is InChI=1S/C19H17N3O3/c23-18(13-9-14(13)19(24)25)22-17(11-4-2-1-3-5-11)12-6-7-15-16(8-12)21-10-20-15/h1-8,10,13-14,17H,9H2,(H,20,21)(H,22,23)(H,24,25)/t13-,14+,17-/m0/s1. The zero-order valence-electron chi connectivity index (χ0n) is 13.3. The van der Waals surface area contributed by atoms with Gasteiger partial charge in [-0.25, -0.2) is 4.98 Å². The maximum absolute atomic E-state index is 12.5. The Kier molecular flexibility index (Phi) is 3.72. The van der Waals surface area contributed by atoms with E-state index >= 15 is 0 Å². The summed E-state index contributed by atoms with van der Waals surface area (Å²) in [5.41, 5.74) is 3.61. The number of imidazole rings is 1. The van der Waals surface area contributed by atoms with Gasteiger partial charge in [0.1, 0.15) is 0 Å². The van der Waals surface area contributed by atoms with Gasteiger partial charge >= 0.3 is 5.97 Å². The number of hydrogen-bond donors (Lipinski definition) is 3. The SMILES string of the molecule is O=C(N[C@@H](c1ccccc1)c1ccc2nc[nH]c2c1)[C@H]1C[C@H]1C(=O)O. The Morgan fingerprint density at radius 3 is 2.64 bits per heavy atom. The number of carbonyl (C=O) groups excluding carboxylic acids is 1. The number of carbonyl (C=O) groups is 2. The summed E-state index contributed by atoms with van der Waals surface area (Å²) in [4.78, 5) is 30.8. The van der Waals surface area contributed by atoms with E-state index in [9.17, 15) is 9.59 Å². The van der Waals surface area contributed by atoms with Gasteiger partial charge in [-0.15, -0.1) is 0 Å². The molecule has 1 heterocycles. The summed E-state index contributed by atoms with van der Waals surface area (Å²) in [6, 6.07) is 15.1. The summed E-state index contributed by atoms with van der Waals surface area (Å²) in [5, 5.41) is 12.1. The van der Waals surface area contributed by atoms with Gasteiger partial charge < -0.3 is 15.4 Å². The Morgan fingerprint density at radius 2 is 1.92 bits per heavy atom. The average molecular weight is 335 g/mol. The van der Waals surface area contributed by atoms with E-state index in [-0.39, 0.29) is 11.9 Å². The van der Waals surface area contributed by atoms with Gasteiger partial charge in [-0.05, 0) is 29.7 Å². The summed E-state index contributed by atoms with van der Waals surface area (Å²) in [6.07, 6.45) is 2.04. The van der Waals surface area contributed by atoms with E-state index in [4.69, 9.17) is 5.11 Å². The average Bonchev–Trinajstić information content (AvgIpc) is 3.31. The number of H-pyrrole nitrogens is 1. The van der Waals surface area contributed by atoms with Crippen molar-refractivity contribution in [3.8, 4) is 0 Å². The second kappa shape index (κ2) is 6.05. The third-order valence-electron chi connectivity index (χ3n) is 4.64. The van der Waals surface area contributed by atoms with Crippen molar-refractivity contribution in [3.63, 3.8) is 0 Å². The lowest BCUT2D eigenvalue weighted by atomic mass is 9.98. The molecule has 0 radical (unpaired) electrons. The summed E-state index contributed by atoms with van der Waals surface area (Å²) < 4.78 is 0. The Balaban J connectivity index is 1.65. The quantitative estimate of drug-likeness (QED) is 0.667. The van der Waals surface area contributed by atoms with Gasteiger partial charge in [-0.3, -0.25) is 9.59 Å². The number of aromatic amines is 1. The number of carboxylic acid groups (broad SMARTS) is 1. The fourth-order valence-corrected chi connectivity index (χ4v) is 3.14. The first-order valence-corrected chi connectivity index (χ1v) is 8.14. The Bertz CT molecular complexity index is 935. The van der Waals surface area contributed by atoms with Gasteiger partial charge in [-0.2, -0.15) is 0 Å². The van der Waals surface area contributed by atoms with Crippen LogP contribution in [-0.4, -0.2) is 27.0 Å². The summed E-state index contributed by atoms with van der Waals surface area (Å²) in [6.45, 7) is 0. The highest BCUT2D eigenvalue weighted by Gasteiger charge is 2.48. The molecule has 25 heavy (non-hydrogen) atoms. The number of aliphatic carboxylic acids is 1. The fraction of sp³-hybridized carbons (Fsp3) is 0.211. The van der Waals surface area contributed by atoms with Crippen molar-refractivity contribution in [1.29, 1.82) is 0 Å². The number of nitrogens with zero attached hydrogens (tertiary/aromatic N) is 1. The Hall–Kier alpha value is -3.15. The minimum Gasteiger partial charge on any atom is -0.481 e. The molecule has 0 saturated heterocycles. The lowest BCUT2D eigenvalue weighted by Gasteiger charge is -2.20. The van der Waals surface area contributed by atoms with Gasteiger partial charge in [0.05, 0.1) is 35.2 Å². The van der Waals surface area contributed by atoms with Crippen molar-refractivity contribution in [2.24, 2.45) is 11.8 Å². The molecule has 6 nitrogen and oxygen atoms in total. The van der Waals surface area contributed by atoms with Crippen LogP contribution in [0.3, 0.4) is 0 Å². The van der Waals surface area contributed by atoms with E-state index in [1.165, 1.54) is 0 Å². The van der Waals surface area contributed by atoms with E-state index in [2.05, 4.69) is 15.3 Å². The van der Waals surface area contributed by atoms with Crippen LogP contribution in [0.25, 0.3) is 11.0 Å². The van der Waals surface area contributed by atoms with Crippen LogP contribution in [0.15, 0.2) is 54.9 Å². The molecule has 1 amide bonds. The van der Waals surface area contributed by atoms with Crippen molar-refractivity contribution in [2.75, 3.05) is 0 Å². The minimum atomic E-state index is -0.907. The van der Waals surface area contributed by atoms with Crippen LogP contribution in [0, 0.1) is 11.8 Å². The van der Waals surface area contributed by atoms with Crippen LogP contribution < -0.4 is 5.32 Å². The highest BCUT2D eigenvalue weighted by Crippen LogP contribution is 2.39. The molecule has 2 aromatic carbocycles. The number of fused-ring (bicyclic) bond motifs is 1. The molecule has 0 bridgehead atoms. The van der Waals surface area contributed by atoms with Gasteiger partial charge in [0.2, 0.25) is 5.91 Å². The molecule has 1 saturated carbocycles. The molecule has 1 aromatic heterocycles. The lowest BCUT2D eigenvalue weighted by molar-refractivity contribution is -0.140. The third kappa shape index (κ3) is 2.98.